The lowest BCUT2D eigenvalue weighted by Gasteiger charge is -2.06. The molecule has 0 amide bonds. The molecule has 0 aliphatic rings. The van der Waals surface area contributed by atoms with Crippen LogP contribution in [0.1, 0.15) is 35.6 Å². The molecule has 0 bridgehead atoms. The normalized spacial score (nSPS) is 11.3. The van der Waals surface area contributed by atoms with Gasteiger partial charge in [-0.05, 0) is 60.7 Å². The van der Waals surface area contributed by atoms with Crippen molar-refractivity contribution in [2.45, 2.75) is 32.4 Å². The Hall–Kier alpha value is -3.09. The summed E-state index contributed by atoms with van der Waals surface area (Å²) in [5.74, 6) is 0.536. The SMILES string of the molecule is Clc1ccc(C=Cc2nc(CNc3ccc(CCCCn4ccnn4)cc3)co2)cc1Cl. The first-order valence-electron chi connectivity index (χ1n) is 10.4. The number of hydrogen-bond acceptors (Lipinski definition) is 5. The van der Waals surface area contributed by atoms with Crippen molar-refractivity contribution in [3.05, 3.63) is 93.9 Å². The minimum atomic E-state index is 0.518. The maximum Gasteiger partial charge on any atom is 0.218 e. The average molecular weight is 468 g/mol. The summed E-state index contributed by atoms with van der Waals surface area (Å²) < 4.78 is 7.39. The van der Waals surface area contributed by atoms with E-state index in [4.69, 9.17) is 27.6 Å². The number of aryl methyl sites for hydroxylation is 2. The minimum Gasteiger partial charge on any atom is -0.445 e. The van der Waals surface area contributed by atoms with Gasteiger partial charge in [0.25, 0.3) is 0 Å². The Bertz CT molecular complexity index is 1150. The molecule has 4 rings (SSSR count). The molecular formula is C24H23Cl2N5O. The van der Waals surface area contributed by atoms with Crippen LogP contribution in [0.5, 0.6) is 0 Å². The van der Waals surface area contributed by atoms with Gasteiger partial charge < -0.3 is 9.73 Å². The number of unbranched alkanes of at least 4 members (excludes halogenated alkanes) is 1. The van der Waals surface area contributed by atoms with Crippen molar-refractivity contribution in [2.75, 3.05) is 5.32 Å². The number of nitrogens with zero attached hydrogens (tertiary/aromatic N) is 4. The van der Waals surface area contributed by atoms with E-state index < -0.39 is 0 Å². The monoisotopic (exact) mass is 467 g/mol. The topological polar surface area (TPSA) is 68.8 Å². The highest BCUT2D eigenvalue weighted by Gasteiger charge is 2.03. The number of oxazole rings is 1. The molecule has 0 spiro atoms. The third-order valence-electron chi connectivity index (χ3n) is 4.93. The Morgan fingerprint density at radius 2 is 1.88 bits per heavy atom. The molecule has 0 radical (unpaired) electrons. The van der Waals surface area contributed by atoms with Gasteiger partial charge in [-0.15, -0.1) is 5.10 Å². The van der Waals surface area contributed by atoms with Gasteiger partial charge in [0.05, 0.1) is 28.5 Å². The van der Waals surface area contributed by atoms with E-state index in [2.05, 4.69) is 44.9 Å². The largest absolute Gasteiger partial charge is 0.445 e. The maximum absolute atomic E-state index is 6.04. The second kappa shape index (κ2) is 11.0. The molecule has 6 nitrogen and oxygen atoms in total. The van der Waals surface area contributed by atoms with Gasteiger partial charge in [0.1, 0.15) is 6.26 Å². The van der Waals surface area contributed by atoms with Crippen molar-refractivity contribution in [2.24, 2.45) is 0 Å². The molecule has 0 aliphatic carbocycles. The highest BCUT2D eigenvalue weighted by atomic mass is 35.5. The second-order valence-electron chi connectivity index (χ2n) is 7.36. The molecule has 0 unspecified atom stereocenters. The lowest BCUT2D eigenvalue weighted by Crippen LogP contribution is -2.00. The Morgan fingerprint density at radius 1 is 1.00 bits per heavy atom. The molecule has 1 N–H and O–H groups in total. The van der Waals surface area contributed by atoms with E-state index in [0.717, 1.165) is 42.8 Å². The fraction of sp³-hybridized carbons (Fsp3) is 0.208. The Balaban J connectivity index is 1.22. The van der Waals surface area contributed by atoms with E-state index in [1.807, 2.05) is 23.0 Å². The van der Waals surface area contributed by atoms with Crippen LogP contribution in [0, 0.1) is 0 Å². The van der Waals surface area contributed by atoms with Gasteiger partial charge >= 0.3 is 0 Å². The van der Waals surface area contributed by atoms with Crippen molar-refractivity contribution in [3.8, 4) is 0 Å². The summed E-state index contributed by atoms with van der Waals surface area (Å²) in [4.78, 5) is 4.48. The number of hydrogen-bond donors (Lipinski definition) is 1. The third kappa shape index (κ3) is 6.45. The second-order valence-corrected chi connectivity index (χ2v) is 8.17. The first-order valence-corrected chi connectivity index (χ1v) is 11.2. The van der Waals surface area contributed by atoms with Crippen LogP contribution in [0.25, 0.3) is 12.2 Å². The van der Waals surface area contributed by atoms with Gasteiger partial charge in [-0.25, -0.2) is 4.98 Å². The van der Waals surface area contributed by atoms with Crippen LogP contribution in [-0.2, 0) is 19.5 Å². The zero-order valence-electron chi connectivity index (χ0n) is 17.4. The van der Waals surface area contributed by atoms with Gasteiger partial charge in [0.2, 0.25) is 5.89 Å². The number of nitrogens with one attached hydrogen (secondary N) is 1. The molecular weight excluding hydrogens is 445 g/mol. The number of aromatic nitrogens is 4. The fourth-order valence-corrected chi connectivity index (χ4v) is 3.51. The molecule has 0 saturated heterocycles. The third-order valence-corrected chi connectivity index (χ3v) is 5.67. The quantitative estimate of drug-likeness (QED) is 0.274. The summed E-state index contributed by atoms with van der Waals surface area (Å²) in [5, 5.41) is 12.2. The Kier molecular flexibility index (Phi) is 7.59. The summed E-state index contributed by atoms with van der Waals surface area (Å²) >= 11 is 12.0. The summed E-state index contributed by atoms with van der Waals surface area (Å²) in [7, 11) is 0. The molecule has 2 aromatic heterocycles. The maximum atomic E-state index is 6.04. The van der Waals surface area contributed by atoms with Crippen molar-refractivity contribution >= 4 is 41.0 Å². The smallest absolute Gasteiger partial charge is 0.218 e. The summed E-state index contributed by atoms with van der Waals surface area (Å²) in [5.41, 5.74) is 4.13. The van der Waals surface area contributed by atoms with E-state index in [9.17, 15) is 0 Å². The average Bonchev–Trinajstić information content (AvgIpc) is 3.49. The fourth-order valence-electron chi connectivity index (χ4n) is 3.20. The van der Waals surface area contributed by atoms with Crippen molar-refractivity contribution < 1.29 is 4.42 Å². The van der Waals surface area contributed by atoms with Crippen LogP contribution in [0.4, 0.5) is 5.69 Å². The van der Waals surface area contributed by atoms with Gasteiger partial charge in [0.15, 0.2) is 0 Å². The van der Waals surface area contributed by atoms with Crippen molar-refractivity contribution in [3.63, 3.8) is 0 Å². The molecule has 0 fully saturated rings. The molecule has 0 aliphatic heterocycles. The lowest BCUT2D eigenvalue weighted by molar-refractivity contribution is 0.541. The molecule has 2 heterocycles. The van der Waals surface area contributed by atoms with E-state index in [0.29, 0.717) is 22.5 Å². The van der Waals surface area contributed by atoms with Gasteiger partial charge in [-0.2, -0.15) is 0 Å². The van der Waals surface area contributed by atoms with E-state index in [-0.39, 0.29) is 0 Å². The number of benzene rings is 2. The minimum absolute atomic E-state index is 0.518. The van der Waals surface area contributed by atoms with Gasteiger partial charge in [-0.3, -0.25) is 4.68 Å². The predicted octanol–water partition coefficient (Wildman–Crippen LogP) is 6.38. The molecule has 8 heteroatoms. The highest BCUT2D eigenvalue weighted by molar-refractivity contribution is 6.42. The highest BCUT2D eigenvalue weighted by Crippen LogP contribution is 2.23. The first-order chi connectivity index (χ1) is 15.7. The molecule has 0 saturated carbocycles. The number of anilines is 1. The van der Waals surface area contributed by atoms with E-state index >= 15 is 0 Å². The first kappa shape index (κ1) is 22.1. The standard InChI is InChI=1S/C24H23Cl2N5O/c25-22-10-6-19(15-23(22)26)7-11-24-29-21(17-32-24)16-27-20-8-4-18(5-9-20)3-1-2-13-31-14-12-28-30-31/h4-12,14-15,17,27H,1-3,13,16H2. The summed E-state index contributed by atoms with van der Waals surface area (Å²) in [6, 6.07) is 14.0. The van der Waals surface area contributed by atoms with Crippen LogP contribution in [0.3, 0.4) is 0 Å². The zero-order valence-corrected chi connectivity index (χ0v) is 18.9. The van der Waals surface area contributed by atoms with Gasteiger partial charge in [0, 0.05) is 24.5 Å². The molecule has 2 aromatic carbocycles. The Labute approximate surface area is 196 Å². The number of rotatable bonds is 10. The van der Waals surface area contributed by atoms with Crippen molar-refractivity contribution in [1.29, 1.82) is 0 Å². The van der Waals surface area contributed by atoms with Crippen molar-refractivity contribution in [1.82, 2.24) is 20.0 Å². The van der Waals surface area contributed by atoms with Crippen LogP contribution in [-0.4, -0.2) is 20.0 Å². The summed E-state index contributed by atoms with van der Waals surface area (Å²) in [6.45, 7) is 1.49. The predicted molar refractivity (Wildman–Crippen MR) is 129 cm³/mol. The van der Waals surface area contributed by atoms with Crippen LogP contribution in [0.2, 0.25) is 10.0 Å². The lowest BCUT2D eigenvalue weighted by atomic mass is 10.1. The molecule has 164 valence electrons. The molecule has 0 atom stereocenters. The van der Waals surface area contributed by atoms with E-state index in [1.165, 1.54) is 5.56 Å². The van der Waals surface area contributed by atoms with Crippen LogP contribution in [0.15, 0.2) is 65.5 Å². The van der Waals surface area contributed by atoms with Crippen LogP contribution < -0.4 is 5.32 Å². The molecule has 32 heavy (non-hydrogen) atoms. The Morgan fingerprint density at radius 3 is 2.66 bits per heavy atom. The zero-order chi connectivity index (χ0) is 22.2. The van der Waals surface area contributed by atoms with E-state index in [1.54, 1.807) is 30.7 Å². The van der Waals surface area contributed by atoms with Crippen LogP contribution >= 0.6 is 23.2 Å². The van der Waals surface area contributed by atoms with Gasteiger partial charge in [-0.1, -0.05) is 46.6 Å². The number of halogens is 2. The molecule has 4 aromatic rings. The summed E-state index contributed by atoms with van der Waals surface area (Å²) in [6.07, 6.45) is 12.2.